The summed E-state index contributed by atoms with van der Waals surface area (Å²) in [6.45, 7) is 0.197. The highest BCUT2D eigenvalue weighted by molar-refractivity contribution is 9.10. The molecule has 1 aromatic carbocycles. The topological polar surface area (TPSA) is 70.1 Å². The van der Waals surface area contributed by atoms with Gasteiger partial charge in [-0.1, -0.05) is 28.1 Å². The van der Waals surface area contributed by atoms with E-state index in [-0.39, 0.29) is 12.3 Å². The van der Waals surface area contributed by atoms with Crippen LogP contribution in [0.1, 0.15) is 16.1 Å². The lowest BCUT2D eigenvalue weighted by atomic mass is 10.2. The molecule has 18 heavy (non-hydrogen) atoms. The number of nitrogens with two attached hydrogens (primary N) is 1. The summed E-state index contributed by atoms with van der Waals surface area (Å²) in [7, 11) is 1.70. The Labute approximate surface area is 113 Å². The normalized spacial score (nSPS) is 10.3. The lowest BCUT2D eigenvalue weighted by Crippen LogP contribution is -2.08. The maximum atomic E-state index is 11.7. The average Bonchev–Trinajstić information content (AvgIpc) is 2.67. The second-order valence-corrected chi connectivity index (χ2v) is 4.72. The first kappa shape index (κ1) is 12.6. The summed E-state index contributed by atoms with van der Waals surface area (Å²) >= 11 is 3.34. The van der Waals surface area contributed by atoms with Crippen LogP contribution in [-0.2, 0) is 18.4 Å². The molecular weight excluding hydrogens is 298 g/mol. The maximum absolute atomic E-state index is 11.7. The van der Waals surface area contributed by atoms with Gasteiger partial charge in [0.1, 0.15) is 6.61 Å². The van der Waals surface area contributed by atoms with Gasteiger partial charge >= 0.3 is 5.97 Å². The Morgan fingerprint density at radius 2 is 2.11 bits per heavy atom. The highest BCUT2D eigenvalue weighted by atomic mass is 79.9. The number of esters is 1. The van der Waals surface area contributed by atoms with Gasteiger partial charge < -0.3 is 10.5 Å². The predicted molar refractivity (Wildman–Crippen MR) is 70.9 cm³/mol. The molecular formula is C12H12BrN3O2. The Morgan fingerprint density at radius 1 is 1.44 bits per heavy atom. The van der Waals surface area contributed by atoms with E-state index >= 15 is 0 Å². The minimum Gasteiger partial charge on any atom is -0.456 e. The highest BCUT2D eigenvalue weighted by Gasteiger charge is 2.15. The van der Waals surface area contributed by atoms with Crippen molar-refractivity contribution in [3.05, 3.63) is 46.2 Å². The van der Waals surface area contributed by atoms with E-state index in [9.17, 15) is 4.79 Å². The third kappa shape index (κ3) is 2.89. The van der Waals surface area contributed by atoms with Crippen LogP contribution in [0.5, 0.6) is 0 Å². The Bertz CT molecular complexity index is 563. The zero-order valence-corrected chi connectivity index (χ0v) is 11.3. The number of benzene rings is 1. The first-order chi connectivity index (χ1) is 8.56. The van der Waals surface area contributed by atoms with Gasteiger partial charge in [0.25, 0.3) is 0 Å². The number of carbonyl (C=O) groups is 1. The third-order valence-electron chi connectivity index (χ3n) is 2.33. The van der Waals surface area contributed by atoms with Crippen LogP contribution in [0.25, 0.3) is 0 Å². The average molecular weight is 310 g/mol. The van der Waals surface area contributed by atoms with Crippen molar-refractivity contribution in [1.29, 1.82) is 0 Å². The smallest absolute Gasteiger partial charge is 0.361 e. The molecule has 0 atom stereocenters. The lowest BCUT2D eigenvalue weighted by molar-refractivity contribution is 0.0466. The fourth-order valence-corrected chi connectivity index (χ4v) is 1.73. The fourth-order valence-electron chi connectivity index (χ4n) is 1.46. The second-order valence-electron chi connectivity index (χ2n) is 3.81. The number of rotatable bonds is 3. The Balaban J connectivity index is 2.00. The van der Waals surface area contributed by atoms with Crippen LogP contribution >= 0.6 is 15.9 Å². The van der Waals surface area contributed by atoms with Gasteiger partial charge in [0, 0.05) is 17.7 Å². The first-order valence-electron chi connectivity index (χ1n) is 5.27. The molecule has 0 radical (unpaired) electrons. The van der Waals surface area contributed by atoms with Crippen LogP contribution < -0.4 is 5.73 Å². The van der Waals surface area contributed by atoms with Gasteiger partial charge in [0.05, 0.1) is 5.69 Å². The van der Waals surface area contributed by atoms with Gasteiger partial charge in [-0.15, -0.1) is 0 Å². The molecule has 0 aliphatic carbocycles. The number of hydrogen-bond acceptors (Lipinski definition) is 4. The molecule has 1 heterocycles. The largest absolute Gasteiger partial charge is 0.456 e. The molecule has 2 N–H and O–H groups in total. The molecule has 0 unspecified atom stereocenters. The Kier molecular flexibility index (Phi) is 3.66. The van der Waals surface area contributed by atoms with Gasteiger partial charge in [-0.3, -0.25) is 4.68 Å². The molecule has 0 aliphatic rings. The van der Waals surface area contributed by atoms with E-state index in [1.54, 1.807) is 13.2 Å². The van der Waals surface area contributed by atoms with Crippen molar-refractivity contribution >= 4 is 27.6 Å². The predicted octanol–water partition coefficient (Wildman–Crippen LogP) is 2.12. The van der Waals surface area contributed by atoms with Gasteiger partial charge in [-0.05, 0) is 17.7 Å². The lowest BCUT2D eigenvalue weighted by Gasteiger charge is -2.03. The van der Waals surface area contributed by atoms with E-state index in [1.807, 2.05) is 24.3 Å². The molecule has 0 saturated heterocycles. The zero-order valence-electron chi connectivity index (χ0n) is 9.76. The third-order valence-corrected chi connectivity index (χ3v) is 2.86. The summed E-state index contributed by atoms with van der Waals surface area (Å²) < 4.78 is 7.59. The minimum absolute atomic E-state index is 0.148. The second kappa shape index (κ2) is 5.22. The Morgan fingerprint density at radius 3 is 2.67 bits per heavy atom. The zero-order chi connectivity index (χ0) is 13.1. The molecule has 0 fully saturated rings. The summed E-state index contributed by atoms with van der Waals surface area (Å²) in [6.07, 6.45) is 1.57. The molecule has 2 rings (SSSR count). The van der Waals surface area contributed by atoms with Gasteiger partial charge in [-0.25, -0.2) is 4.79 Å². The van der Waals surface area contributed by atoms with Gasteiger partial charge in [-0.2, -0.15) is 5.10 Å². The molecule has 0 saturated carbocycles. The van der Waals surface area contributed by atoms with Gasteiger partial charge in [0.2, 0.25) is 0 Å². The molecule has 6 heteroatoms. The number of hydrogen-bond donors (Lipinski definition) is 1. The molecule has 0 spiro atoms. The van der Waals surface area contributed by atoms with E-state index in [0.717, 1.165) is 10.0 Å². The quantitative estimate of drug-likeness (QED) is 0.882. The number of aromatic nitrogens is 2. The summed E-state index contributed by atoms with van der Waals surface area (Å²) in [4.78, 5) is 11.7. The molecule has 94 valence electrons. The van der Waals surface area contributed by atoms with Crippen LogP contribution in [0.15, 0.2) is 34.9 Å². The van der Waals surface area contributed by atoms with Crippen LogP contribution in [0.2, 0.25) is 0 Å². The maximum Gasteiger partial charge on any atom is 0.361 e. The van der Waals surface area contributed by atoms with Gasteiger partial charge in [0.15, 0.2) is 5.69 Å². The van der Waals surface area contributed by atoms with Crippen LogP contribution in [-0.4, -0.2) is 15.7 Å². The Hall–Kier alpha value is -1.82. The van der Waals surface area contributed by atoms with Crippen LogP contribution in [0.3, 0.4) is 0 Å². The van der Waals surface area contributed by atoms with Crippen LogP contribution in [0.4, 0.5) is 5.69 Å². The number of ether oxygens (including phenoxy) is 1. The van der Waals surface area contributed by atoms with E-state index in [1.165, 1.54) is 4.68 Å². The van der Waals surface area contributed by atoms with Crippen molar-refractivity contribution in [3.63, 3.8) is 0 Å². The number of nitrogens with zero attached hydrogens (tertiary/aromatic N) is 2. The summed E-state index contributed by atoms with van der Waals surface area (Å²) in [5.41, 5.74) is 7.01. The number of carbonyl (C=O) groups excluding carboxylic acids is 1. The molecule has 2 aromatic rings. The van der Waals surface area contributed by atoms with Crippen molar-refractivity contribution in [2.24, 2.45) is 7.05 Å². The van der Waals surface area contributed by atoms with Crippen molar-refractivity contribution < 1.29 is 9.53 Å². The number of anilines is 1. The number of nitrogen functional groups attached to an aromatic ring is 1. The number of aryl methyl sites for hydroxylation is 1. The summed E-state index contributed by atoms with van der Waals surface area (Å²) in [5.74, 6) is -0.518. The summed E-state index contributed by atoms with van der Waals surface area (Å²) in [6, 6.07) is 7.52. The van der Waals surface area contributed by atoms with Crippen LogP contribution in [0, 0.1) is 0 Å². The van der Waals surface area contributed by atoms with Crippen molar-refractivity contribution in [1.82, 2.24) is 9.78 Å². The first-order valence-corrected chi connectivity index (χ1v) is 6.06. The summed E-state index contributed by atoms with van der Waals surface area (Å²) in [5, 5.41) is 3.95. The standard InChI is InChI=1S/C12H12BrN3O2/c1-16-6-10(14)11(15-16)12(17)18-7-8-2-4-9(13)5-3-8/h2-6H,7,14H2,1H3. The van der Waals surface area contributed by atoms with E-state index in [2.05, 4.69) is 21.0 Å². The number of halogens is 1. The van der Waals surface area contributed by atoms with E-state index < -0.39 is 5.97 Å². The van der Waals surface area contributed by atoms with Crippen molar-refractivity contribution in [2.45, 2.75) is 6.61 Å². The monoisotopic (exact) mass is 309 g/mol. The molecule has 0 amide bonds. The van der Waals surface area contributed by atoms with E-state index in [0.29, 0.717) is 5.69 Å². The molecule has 0 bridgehead atoms. The SMILES string of the molecule is Cn1cc(N)c(C(=O)OCc2ccc(Br)cc2)n1. The molecule has 1 aromatic heterocycles. The molecule has 0 aliphatic heterocycles. The molecule has 5 nitrogen and oxygen atoms in total. The van der Waals surface area contributed by atoms with Crippen molar-refractivity contribution in [2.75, 3.05) is 5.73 Å². The minimum atomic E-state index is -0.518. The highest BCUT2D eigenvalue weighted by Crippen LogP contribution is 2.13. The fraction of sp³-hybridized carbons (Fsp3) is 0.167. The van der Waals surface area contributed by atoms with E-state index in [4.69, 9.17) is 10.5 Å². The van der Waals surface area contributed by atoms with Crippen molar-refractivity contribution in [3.8, 4) is 0 Å².